The molecule has 158 valence electrons. The first-order valence-corrected chi connectivity index (χ1v) is 11.3. The van der Waals surface area contributed by atoms with Gasteiger partial charge in [-0.3, -0.25) is 9.88 Å². The Morgan fingerprint density at radius 1 is 0.833 bits per heavy atom. The smallest absolute Gasteiger partial charge is 0.0544 e. The Labute approximate surface area is 182 Å². The summed E-state index contributed by atoms with van der Waals surface area (Å²) in [7, 11) is 0. The standard InChI is InChI=1S/C16H20N2.C11H15N/c1-2-12-18(13-15-8-4-3-5-9-15)14-16-10-6-7-11-17-16;1-2-4-10(5-3-1)11-6-8-12-9-7-11/h3-11H,2,12-14H2,1H3;1-5,11-12H,6-9H2. The molecule has 3 aromatic rings. The van der Waals surface area contributed by atoms with E-state index in [1.54, 1.807) is 0 Å². The summed E-state index contributed by atoms with van der Waals surface area (Å²) in [5.74, 6) is 0.799. The first kappa shape index (κ1) is 22.2. The van der Waals surface area contributed by atoms with Crippen molar-refractivity contribution in [2.24, 2.45) is 0 Å². The molecule has 0 unspecified atom stereocenters. The van der Waals surface area contributed by atoms with Crippen LogP contribution < -0.4 is 5.32 Å². The van der Waals surface area contributed by atoms with Gasteiger partial charge in [0.05, 0.1) is 5.69 Å². The van der Waals surface area contributed by atoms with Crippen molar-refractivity contribution in [2.45, 2.75) is 45.2 Å². The molecule has 30 heavy (non-hydrogen) atoms. The van der Waals surface area contributed by atoms with Crippen LogP contribution in [0.15, 0.2) is 85.1 Å². The number of hydrogen-bond donors (Lipinski definition) is 1. The van der Waals surface area contributed by atoms with Gasteiger partial charge in [-0.2, -0.15) is 0 Å². The van der Waals surface area contributed by atoms with Gasteiger partial charge < -0.3 is 5.32 Å². The van der Waals surface area contributed by atoms with Crippen molar-refractivity contribution in [3.8, 4) is 0 Å². The van der Waals surface area contributed by atoms with Crippen molar-refractivity contribution in [3.63, 3.8) is 0 Å². The van der Waals surface area contributed by atoms with Crippen molar-refractivity contribution in [1.82, 2.24) is 15.2 Å². The van der Waals surface area contributed by atoms with E-state index in [2.05, 4.69) is 94.9 Å². The maximum absolute atomic E-state index is 4.40. The molecular formula is C27H35N3. The Morgan fingerprint density at radius 2 is 1.50 bits per heavy atom. The maximum Gasteiger partial charge on any atom is 0.0544 e. The van der Waals surface area contributed by atoms with E-state index in [9.17, 15) is 0 Å². The largest absolute Gasteiger partial charge is 0.317 e. The molecule has 0 aliphatic carbocycles. The van der Waals surface area contributed by atoms with E-state index in [-0.39, 0.29) is 0 Å². The summed E-state index contributed by atoms with van der Waals surface area (Å²) in [6, 6.07) is 27.6. The predicted molar refractivity (Wildman–Crippen MR) is 126 cm³/mol. The second-order valence-electron chi connectivity index (χ2n) is 7.95. The highest BCUT2D eigenvalue weighted by Gasteiger charge is 2.13. The quantitative estimate of drug-likeness (QED) is 0.555. The number of nitrogens with zero attached hydrogens (tertiary/aromatic N) is 2. The number of rotatable bonds is 7. The number of aromatic nitrogens is 1. The fourth-order valence-corrected chi connectivity index (χ4v) is 3.97. The van der Waals surface area contributed by atoms with Crippen LogP contribution in [0.4, 0.5) is 0 Å². The van der Waals surface area contributed by atoms with E-state index >= 15 is 0 Å². The van der Waals surface area contributed by atoms with Crippen molar-refractivity contribution >= 4 is 0 Å². The summed E-state index contributed by atoms with van der Waals surface area (Å²) in [4.78, 5) is 6.84. The van der Waals surface area contributed by atoms with Gasteiger partial charge in [-0.15, -0.1) is 0 Å². The Hall–Kier alpha value is -2.49. The van der Waals surface area contributed by atoms with Gasteiger partial charge in [0.1, 0.15) is 0 Å². The van der Waals surface area contributed by atoms with E-state index in [4.69, 9.17) is 0 Å². The molecule has 1 saturated heterocycles. The Morgan fingerprint density at radius 3 is 2.13 bits per heavy atom. The van der Waals surface area contributed by atoms with Crippen LogP contribution in [0.2, 0.25) is 0 Å². The van der Waals surface area contributed by atoms with E-state index in [1.807, 2.05) is 12.3 Å². The second-order valence-corrected chi connectivity index (χ2v) is 7.95. The minimum Gasteiger partial charge on any atom is -0.317 e. The normalized spacial score (nSPS) is 14.2. The molecule has 1 fully saturated rings. The van der Waals surface area contributed by atoms with Gasteiger partial charge in [-0.05, 0) is 68.1 Å². The molecule has 0 bridgehead atoms. The molecule has 2 aromatic carbocycles. The van der Waals surface area contributed by atoms with Gasteiger partial charge in [0.15, 0.2) is 0 Å². The molecule has 3 heteroatoms. The number of nitrogens with one attached hydrogen (secondary N) is 1. The van der Waals surface area contributed by atoms with Crippen molar-refractivity contribution in [3.05, 3.63) is 102 Å². The van der Waals surface area contributed by atoms with Gasteiger partial charge in [-0.25, -0.2) is 0 Å². The highest BCUT2D eigenvalue weighted by Crippen LogP contribution is 2.24. The summed E-state index contributed by atoms with van der Waals surface area (Å²) in [5, 5.41) is 3.38. The number of hydrogen-bond acceptors (Lipinski definition) is 3. The number of piperidine rings is 1. The molecule has 0 saturated carbocycles. The van der Waals surface area contributed by atoms with E-state index in [0.717, 1.165) is 31.2 Å². The van der Waals surface area contributed by atoms with Crippen LogP contribution in [0.25, 0.3) is 0 Å². The topological polar surface area (TPSA) is 28.2 Å². The van der Waals surface area contributed by atoms with Crippen LogP contribution in [0.1, 0.15) is 48.9 Å². The minimum atomic E-state index is 0.799. The zero-order valence-electron chi connectivity index (χ0n) is 18.2. The summed E-state index contributed by atoms with van der Waals surface area (Å²) < 4.78 is 0. The summed E-state index contributed by atoms with van der Waals surface area (Å²) in [6.07, 6.45) is 5.62. The average molecular weight is 402 g/mol. The SMILES string of the molecule is CCCN(Cc1ccccc1)Cc1ccccn1.c1ccc(C2CCNCC2)cc1. The van der Waals surface area contributed by atoms with Crippen molar-refractivity contribution in [1.29, 1.82) is 0 Å². The zero-order valence-corrected chi connectivity index (χ0v) is 18.2. The van der Waals surface area contributed by atoms with Crippen LogP contribution in [0, 0.1) is 0 Å². The summed E-state index contributed by atoms with van der Waals surface area (Å²) in [6.45, 7) is 7.59. The van der Waals surface area contributed by atoms with Gasteiger partial charge in [-0.1, -0.05) is 73.7 Å². The summed E-state index contributed by atoms with van der Waals surface area (Å²) in [5.41, 5.74) is 4.02. The Bertz CT molecular complexity index is 758. The third-order valence-electron chi connectivity index (χ3n) is 5.51. The molecule has 1 aromatic heterocycles. The summed E-state index contributed by atoms with van der Waals surface area (Å²) >= 11 is 0. The number of benzene rings is 2. The third kappa shape index (κ3) is 7.74. The average Bonchev–Trinajstić information content (AvgIpc) is 2.82. The van der Waals surface area contributed by atoms with Crippen LogP contribution in [-0.4, -0.2) is 29.5 Å². The first-order chi connectivity index (χ1) is 14.8. The lowest BCUT2D eigenvalue weighted by Gasteiger charge is -2.22. The predicted octanol–water partition coefficient (Wildman–Crippen LogP) is 5.65. The lowest BCUT2D eigenvalue weighted by Crippen LogP contribution is -2.26. The molecule has 3 nitrogen and oxygen atoms in total. The third-order valence-corrected chi connectivity index (χ3v) is 5.51. The van der Waals surface area contributed by atoms with Gasteiger partial charge in [0.25, 0.3) is 0 Å². The monoisotopic (exact) mass is 401 g/mol. The lowest BCUT2D eigenvalue weighted by atomic mass is 9.90. The second kappa shape index (κ2) is 12.9. The molecule has 1 aliphatic heterocycles. The van der Waals surface area contributed by atoms with Crippen LogP contribution in [0.3, 0.4) is 0 Å². The van der Waals surface area contributed by atoms with E-state index in [0.29, 0.717) is 0 Å². The fraction of sp³-hybridized carbons (Fsp3) is 0.370. The van der Waals surface area contributed by atoms with Crippen LogP contribution >= 0.6 is 0 Å². The van der Waals surface area contributed by atoms with Crippen LogP contribution in [-0.2, 0) is 13.1 Å². The first-order valence-electron chi connectivity index (χ1n) is 11.3. The molecule has 1 aliphatic rings. The van der Waals surface area contributed by atoms with Crippen molar-refractivity contribution in [2.75, 3.05) is 19.6 Å². The van der Waals surface area contributed by atoms with E-state index < -0.39 is 0 Å². The lowest BCUT2D eigenvalue weighted by molar-refractivity contribution is 0.254. The van der Waals surface area contributed by atoms with E-state index in [1.165, 1.54) is 43.5 Å². The van der Waals surface area contributed by atoms with Crippen molar-refractivity contribution < 1.29 is 0 Å². The molecule has 2 heterocycles. The minimum absolute atomic E-state index is 0.799. The molecule has 0 atom stereocenters. The maximum atomic E-state index is 4.40. The fourth-order valence-electron chi connectivity index (χ4n) is 3.97. The van der Waals surface area contributed by atoms with Gasteiger partial charge >= 0.3 is 0 Å². The molecule has 0 amide bonds. The molecule has 0 spiro atoms. The Kier molecular flexibility index (Phi) is 9.58. The van der Waals surface area contributed by atoms with Gasteiger partial charge in [0, 0.05) is 19.3 Å². The molecule has 1 N–H and O–H groups in total. The molecular weight excluding hydrogens is 366 g/mol. The van der Waals surface area contributed by atoms with Gasteiger partial charge in [0.2, 0.25) is 0 Å². The number of pyridine rings is 1. The van der Waals surface area contributed by atoms with Crippen LogP contribution in [0.5, 0.6) is 0 Å². The highest BCUT2D eigenvalue weighted by atomic mass is 15.1. The molecule has 0 radical (unpaired) electrons. The highest BCUT2D eigenvalue weighted by molar-refractivity contribution is 5.20. The zero-order chi connectivity index (χ0) is 20.9. The molecule has 4 rings (SSSR count). The Balaban J connectivity index is 0.000000184.